The van der Waals surface area contributed by atoms with Crippen LogP contribution in [0.3, 0.4) is 0 Å². The Kier molecular flexibility index (Phi) is 7.17. The van der Waals surface area contributed by atoms with Crippen molar-refractivity contribution in [2.45, 2.75) is 33.7 Å². The zero-order valence-electron chi connectivity index (χ0n) is 20.4. The van der Waals surface area contributed by atoms with Crippen LogP contribution in [0, 0.1) is 20.8 Å². The Morgan fingerprint density at radius 3 is 2.39 bits per heavy atom. The van der Waals surface area contributed by atoms with E-state index in [1.165, 1.54) is 4.90 Å². The number of hydrogen-bond donors (Lipinski definition) is 2. The van der Waals surface area contributed by atoms with Crippen LogP contribution in [-0.4, -0.2) is 72.5 Å². The summed E-state index contributed by atoms with van der Waals surface area (Å²) in [4.78, 5) is 33.0. The first-order chi connectivity index (χ1) is 15.6. The van der Waals surface area contributed by atoms with Gasteiger partial charge in [0.05, 0.1) is 25.3 Å². The van der Waals surface area contributed by atoms with Crippen LogP contribution >= 0.6 is 0 Å². The Hall–Kier alpha value is -3.26. The van der Waals surface area contributed by atoms with Crippen molar-refractivity contribution < 1.29 is 24.2 Å². The first-order valence-electron chi connectivity index (χ1n) is 11.0. The SMILES string of the molecule is CCOc1ccc(C2/C(=C(\O)c3c(C)[nH]c(C)c3C)C(=O)C(=O)N2CCN(C)C)cc1OC. The lowest BCUT2D eigenvalue weighted by molar-refractivity contribution is -0.140. The number of aryl methyl sites for hydroxylation is 2. The fourth-order valence-corrected chi connectivity index (χ4v) is 4.29. The first-order valence-corrected chi connectivity index (χ1v) is 11.0. The van der Waals surface area contributed by atoms with Crippen molar-refractivity contribution in [1.82, 2.24) is 14.8 Å². The van der Waals surface area contributed by atoms with Crippen LogP contribution in [0.1, 0.15) is 41.0 Å². The van der Waals surface area contributed by atoms with E-state index in [1.54, 1.807) is 19.2 Å². The van der Waals surface area contributed by atoms with Crippen LogP contribution < -0.4 is 9.47 Å². The summed E-state index contributed by atoms with van der Waals surface area (Å²) in [6, 6.07) is 4.59. The van der Waals surface area contributed by atoms with Gasteiger partial charge in [-0.3, -0.25) is 9.59 Å². The van der Waals surface area contributed by atoms with Gasteiger partial charge < -0.3 is 29.4 Å². The van der Waals surface area contributed by atoms with E-state index >= 15 is 0 Å². The van der Waals surface area contributed by atoms with Gasteiger partial charge in [0.25, 0.3) is 11.7 Å². The highest BCUT2D eigenvalue weighted by Crippen LogP contribution is 2.42. The van der Waals surface area contributed by atoms with Gasteiger partial charge in [-0.2, -0.15) is 0 Å². The van der Waals surface area contributed by atoms with Crippen molar-refractivity contribution in [2.75, 3.05) is 40.9 Å². The van der Waals surface area contributed by atoms with Crippen LogP contribution in [0.25, 0.3) is 5.76 Å². The van der Waals surface area contributed by atoms with Gasteiger partial charge in [-0.25, -0.2) is 0 Å². The van der Waals surface area contributed by atoms with Gasteiger partial charge >= 0.3 is 0 Å². The molecule has 1 aliphatic rings. The quantitative estimate of drug-likeness (QED) is 0.360. The Balaban J connectivity index is 2.23. The number of methoxy groups -OCH3 is 1. The molecule has 8 heteroatoms. The van der Waals surface area contributed by atoms with Crippen molar-refractivity contribution in [3.8, 4) is 11.5 Å². The number of benzene rings is 1. The number of Topliss-reactive ketones (excluding diaryl/α,β-unsaturated/α-hetero) is 1. The van der Waals surface area contributed by atoms with E-state index in [0.717, 1.165) is 17.0 Å². The summed E-state index contributed by atoms with van der Waals surface area (Å²) < 4.78 is 11.1. The summed E-state index contributed by atoms with van der Waals surface area (Å²) in [5.41, 5.74) is 3.78. The molecule has 1 aliphatic heterocycles. The average Bonchev–Trinajstić information content (AvgIpc) is 3.17. The molecule has 1 amide bonds. The molecule has 2 N–H and O–H groups in total. The van der Waals surface area contributed by atoms with Gasteiger partial charge in [-0.1, -0.05) is 6.07 Å². The number of ether oxygens (including phenoxy) is 2. The number of H-pyrrole nitrogens is 1. The van der Waals surface area contributed by atoms with Crippen LogP contribution in [0.15, 0.2) is 23.8 Å². The first kappa shape index (κ1) is 24.4. The maximum absolute atomic E-state index is 13.2. The molecule has 0 spiro atoms. The number of nitrogens with one attached hydrogen (secondary N) is 1. The van der Waals surface area contributed by atoms with E-state index in [2.05, 4.69) is 4.98 Å². The minimum atomic E-state index is -0.747. The Morgan fingerprint density at radius 2 is 1.85 bits per heavy atom. The number of aliphatic hydroxyl groups is 1. The Morgan fingerprint density at radius 1 is 1.15 bits per heavy atom. The molecule has 0 aliphatic carbocycles. The highest BCUT2D eigenvalue weighted by Gasteiger charge is 2.46. The molecule has 0 radical (unpaired) electrons. The minimum Gasteiger partial charge on any atom is -0.507 e. The summed E-state index contributed by atoms with van der Waals surface area (Å²) in [7, 11) is 5.35. The lowest BCUT2D eigenvalue weighted by atomic mass is 9.94. The zero-order chi connectivity index (χ0) is 24.4. The smallest absolute Gasteiger partial charge is 0.295 e. The van der Waals surface area contributed by atoms with Gasteiger partial charge in [0, 0.05) is 30.0 Å². The summed E-state index contributed by atoms with van der Waals surface area (Å²) in [5.74, 6) is -0.419. The molecule has 1 unspecified atom stereocenters. The monoisotopic (exact) mass is 455 g/mol. The minimum absolute atomic E-state index is 0.0789. The van der Waals surface area contributed by atoms with Crippen molar-refractivity contribution in [3.63, 3.8) is 0 Å². The van der Waals surface area contributed by atoms with Crippen LogP contribution in [0.5, 0.6) is 11.5 Å². The number of likely N-dealkylation sites (N-methyl/N-ethyl adjacent to an activating group) is 1. The largest absolute Gasteiger partial charge is 0.507 e. The molecule has 3 rings (SSSR count). The highest BCUT2D eigenvalue weighted by atomic mass is 16.5. The predicted molar refractivity (Wildman–Crippen MR) is 127 cm³/mol. The molecule has 1 atom stereocenters. The third kappa shape index (κ3) is 4.48. The highest BCUT2D eigenvalue weighted by molar-refractivity contribution is 6.46. The number of carbonyl (C=O) groups is 2. The molecule has 178 valence electrons. The lowest BCUT2D eigenvalue weighted by Gasteiger charge is -2.27. The van der Waals surface area contributed by atoms with Gasteiger partial charge in [0.1, 0.15) is 5.76 Å². The van der Waals surface area contributed by atoms with E-state index in [1.807, 2.05) is 52.8 Å². The van der Waals surface area contributed by atoms with Crippen molar-refractivity contribution in [2.24, 2.45) is 0 Å². The topological polar surface area (TPSA) is 95.1 Å². The van der Waals surface area contributed by atoms with Crippen LogP contribution in [0.2, 0.25) is 0 Å². The second kappa shape index (κ2) is 9.70. The second-order valence-corrected chi connectivity index (χ2v) is 8.51. The van der Waals surface area contributed by atoms with Gasteiger partial charge in [-0.15, -0.1) is 0 Å². The number of likely N-dealkylation sites (tertiary alicyclic amines) is 1. The van der Waals surface area contributed by atoms with Crippen molar-refractivity contribution >= 4 is 17.4 Å². The molecule has 2 aromatic rings. The molecule has 8 nitrogen and oxygen atoms in total. The zero-order valence-corrected chi connectivity index (χ0v) is 20.4. The normalized spacial score (nSPS) is 17.8. The third-order valence-corrected chi connectivity index (χ3v) is 6.06. The number of aliphatic hydroxyl groups excluding tert-OH is 1. The molecular formula is C25H33N3O5. The van der Waals surface area contributed by atoms with Crippen LogP contribution in [0.4, 0.5) is 0 Å². The number of rotatable bonds is 8. The van der Waals surface area contributed by atoms with E-state index in [0.29, 0.717) is 42.3 Å². The predicted octanol–water partition coefficient (Wildman–Crippen LogP) is 3.33. The molecule has 0 bridgehead atoms. The van der Waals surface area contributed by atoms with Gasteiger partial charge in [-0.05, 0) is 65.0 Å². The molecule has 1 saturated heterocycles. The molecule has 1 aromatic carbocycles. The van der Waals surface area contributed by atoms with E-state index < -0.39 is 17.7 Å². The summed E-state index contributed by atoms with van der Waals surface area (Å²) in [6.07, 6.45) is 0. The van der Waals surface area contributed by atoms with Crippen molar-refractivity contribution in [3.05, 3.63) is 51.9 Å². The second-order valence-electron chi connectivity index (χ2n) is 8.51. The summed E-state index contributed by atoms with van der Waals surface area (Å²) in [5, 5.41) is 11.4. The van der Waals surface area contributed by atoms with E-state index in [-0.39, 0.29) is 11.3 Å². The fraction of sp³-hybridized carbons (Fsp3) is 0.440. The summed E-state index contributed by atoms with van der Waals surface area (Å²) >= 11 is 0. The number of amides is 1. The number of nitrogens with zero attached hydrogens (tertiary/aromatic N) is 2. The molecule has 2 heterocycles. The number of aromatic amines is 1. The molecule has 33 heavy (non-hydrogen) atoms. The number of carbonyl (C=O) groups excluding carboxylic acids is 2. The standard InChI is InChI=1S/C25H33N3O5/c1-8-33-18-10-9-17(13-19(18)32-7)22-21(23(29)20-14(2)15(3)26-16(20)4)24(30)25(31)28(22)12-11-27(5)6/h9-10,13,22,26,29H,8,11-12H2,1-7H3/b23-21+. The molecular weight excluding hydrogens is 422 g/mol. The average molecular weight is 456 g/mol. The van der Waals surface area contributed by atoms with Gasteiger partial charge in [0.15, 0.2) is 11.5 Å². The molecule has 1 aromatic heterocycles. The fourth-order valence-electron chi connectivity index (χ4n) is 4.29. The number of aromatic nitrogens is 1. The number of hydrogen-bond acceptors (Lipinski definition) is 6. The van der Waals surface area contributed by atoms with Crippen LogP contribution in [-0.2, 0) is 9.59 Å². The maximum atomic E-state index is 13.2. The molecule has 0 saturated carbocycles. The van der Waals surface area contributed by atoms with E-state index in [9.17, 15) is 14.7 Å². The Labute approximate surface area is 194 Å². The number of ketones is 1. The van der Waals surface area contributed by atoms with E-state index in [4.69, 9.17) is 9.47 Å². The van der Waals surface area contributed by atoms with Gasteiger partial charge in [0.2, 0.25) is 0 Å². The Bertz CT molecular complexity index is 1100. The lowest BCUT2D eigenvalue weighted by Crippen LogP contribution is -2.35. The van der Waals surface area contributed by atoms with Crippen molar-refractivity contribution in [1.29, 1.82) is 0 Å². The summed E-state index contributed by atoms with van der Waals surface area (Å²) in [6.45, 7) is 8.88. The third-order valence-electron chi connectivity index (χ3n) is 6.06. The molecule has 1 fully saturated rings. The maximum Gasteiger partial charge on any atom is 0.295 e.